The molecule has 0 unspecified atom stereocenters. The lowest BCUT2D eigenvalue weighted by molar-refractivity contribution is 0.103. The topological polar surface area (TPSA) is 55.4 Å². The zero-order valence-electron chi connectivity index (χ0n) is 12.8. The Balaban J connectivity index is 2.21. The van der Waals surface area contributed by atoms with Crippen LogP contribution in [0, 0.1) is 0 Å². The normalized spacial score (nSPS) is 10.2. The fourth-order valence-electron chi connectivity index (χ4n) is 2.01. The predicted molar refractivity (Wildman–Crippen MR) is 91.2 cm³/mol. The molecule has 2 aromatic rings. The Labute approximate surface area is 140 Å². The average Bonchev–Trinajstić information content (AvgIpc) is 2.57. The number of nitrogens with one attached hydrogen (secondary N) is 1. The first-order valence-corrected chi connectivity index (χ1v) is 7.82. The van der Waals surface area contributed by atoms with Crippen molar-refractivity contribution in [3.8, 4) is 0 Å². The number of hydrogen-bond donors (Lipinski definition) is 1. The molecule has 0 fully saturated rings. The summed E-state index contributed by atoms with van der Waals surface area (Å²) in [5.41, 5.74) is 1.23. The molecular formula is C18H18ClNO3. The highest BCUT2D eigenvalue weighted by molar-refractivity contribution is 6.31. The molecule has 4 nitrogen and oxygen atoms in total. The van der Waals surface area contributed by atoms with Crippen molar-refractivity contribution in [2.45, 2.75) is 19.8 Å². The van der Waals surface area contributed by atoms with Crippen LogP contribution in [0.2, 0.25) is 5.02 Å². The minimum atomic E-state index is -0.581. The molecule has 5 heteroatoms. The summed E-state index contributed by atoms with van der Waals surface area (Å²) in [6.45, 7) is 2.36. The molecule has 0 saturated carbocycles. The van der Waals surface area contributed by atoms with Crippen molar-refractivity contribution in [2.75, 3.05) is 11.9 Å². The molecule has 2 aromatic carbocycles. The van der Waals surface area contributed by atoms with Crippen LogP contribution in [0.1, 0.15) is 35.7 Å². The fraction of sp³-hybridized carbons (Fsp3) is 0.222. The van der Waals surface area contributed by atoms with E-state index < -0.39 is 6.09 Å². The summed E-state index contributed by atoms with van der Waals surface area (Å²) in [4.78, 5) is 24.4. The van der Waals surface area contributed by atoms with Crippen molar-refractivity contribution >= 4 is 29.2 Å². The summed E-state index contributed by atoms with van der Waals surface area (Å²) in [7, 11) is 0. The predicted octanol–water partition coefficient (Wildman–Crippen LogP) is 4.92. The minimum Gasteiger partial charge on any atom is -0.449 e. The van der Waals surface area contributed by atoms with Gasteiger partial charge in [-0.1, -0.05) is 55.3 Å². The Hall–Kier alpha value is -2.33. The molecular weight excluding hydrogens is 314 g/mol. The molecule has 120 valence electrons. The van der Waals surface area contributed by atoms with Crippen molar-refractivity contribution in [3.05, 3.63) is 64.7 Å². The zero-order chi connectivity index (χ0) is 16.7. The molecule has 0 bridgehead atoms. The van der Waals surface area contributed by atoms with Crippen molar-refractivity contribution in [2.24, 2.45) is 0 Å². The van der Waals surface area contributed by atoms with E-state index in [0.717, 1.165) is 12.8 Å². The molecule has 0 heterocycles. The Kier molecular flexibility index (Phi) is 6.18. The summed E-state index contributed by atoms with van der Waals surface area (Å²) < 4.78 is 5.06. The van der Waals surface area contributed by atoms with Crippen LogP contribution in [0.15, 0.2) is 48.5 Å². The molecule has 0 spiro atoms. The highest BCUT2D eigenvalue weighted by atomic mass is 35.5. The zero-order valence-corrected chi connectivity index (χ0v) is 13.6. The largest absolute Gasteiger partial charge is 0.449 e. The molecule has 0 radical (unpaired) electrons. The van der Waals surface area contributed by atoms with E-state index in [1.165, 1.54) is 0 Å². The van der Waals surface area contributed by atoms with Crippen molar-refractivity contribution < 1.29 is 14.3 Å². The maximum absolute atomic E-state index is 12.6. The summed E-state index contributed by atoms with van der Waals surface area (Å²) in [5, 5.41) is 3.03. The third-order valence-corrected chi connectivity index (χ3v) is 3.47. The van der Waals surface area contributed by atoms with Crippen molar-refractivity contribution in [1.29, 1.82) is 0 Å². The first kappa shape index (κ1) is 17.0. The van der Waals surface area contributed by atoms with Gasteiger partial charge in [0.05, 0.1) is 12.3 Å². The third kappa shape index (κ3) is 4.83. The quantitative estimate of drug-likeness (QED) is 0.603. The SMILES string of the molecule is CCCCOC(=O)Nc1ccc(Cl)cc1C(=O)c1ccccc1. The smallest absolute Gasteiger partial charge is 0.411 e. The van der Waals surface area contributed by atoms with E-state index in [4.69, 9.17) is 16.3 Å². The van der Waals surface area contributed by atoms with Gasteiger partial charge in [0.1, 0.15) is 0 Å². The van der Waals surface area contributed by atoms with Gasteiger partial charge in [0, 0.05) is 16.1 Å². The van der Waals surface area contributed by atoms with Crippen LogP contribution in [-0.2, 0) is 4.74 Å². The molecule has 0 atom stereocenters. The fourth-order valence-corrected chi connectivity index (χ4v) is 2.19. The second kappa shape index (κ2) is 8.34. The van der Waals surface area contributed by atoms with E-state index in [1.807, 2.05) is 13.0 Å². The van der Waals surface area contributed by atoms with E-state index in [9.17, 15) is 9.59 Å². The van der Waals surface area contributed by atoms with Gasteiger partial charge in [0.15, 0.2) is 5.78 Å². The highest BCUT2D eigenvalue weighted by Gasteiger charge is 2.16. The van der Waals surface area contributed by atoms with E-state index in [2.05, 4.69) is 5.32 Å². The molecule has 0 saturated heterocycles. The standard InChI is InChI=1S/C18H18ClNO3/c1-2-3-11-23-18(22)20-16-10-9-14(19)12-15(16)17(21)13-7-5-4-6-8-13/h4-10,12H,2-3,11H2,1H3,(H,20,22). The number of carbonyl (C=O) groups excluding carboxylic acids is 2. The number of unbranched alkanes of at least 4 members (excludes halogenated alkanes) is 1. The number of rotatable bonds is 6. The van der Waals surface area contributed by atoms with Gasteiger partial charge in [-0.05, 0) is 24.6 Å². The van der Waals surface area contributed by atoms with Crippen LogP contribution in [0.5, 0.6) is 0 Å². The minimum absolute atomic E-state index is 0.211. The maximum Gasteiger partial charge on any atom is 0.411 e. The number of amides is 1. The second-order valence-corrected chi connectivity index (χ2v) is 5.44. The summed E-state index contributed by atoms with van der Waals surface area (Å²) in [6, 6.07) is 13.6. The van der Waals surface area contributed by atoms with E-state index >= 15 is 0 Å². The van der Waals surface area contributed by atoms with Gasteiger partial charge in [-0.25, -0.2) is 4.79 Å². The van der Waals surface area contributed by atoms with Crippen LogP contribution in [0.3, 0.4) is 0 Å². The molecule has 1 amide bonds. The summed E-state index contributed by atoms with van der Waals surface area (Å²) in [5.74, 6) is -0.211. The van der Waals surface area contributed by atoms with Crippen LogP contribution in [-0.4, -0.2) is 18.5 Å². The van der Waals surface area contributed by atoms with Gasteiger partial charge < -0.3 is 4.74 Å². The first-order chi connectivity index (χ1) is 11.1. The van der Waals surface area contributed by atoms with Crippen molar-refractivity contribution in [1.82, 2.24) is 0 Å². The Bertz CT molecular complexity index is 686. The van der Waals surface area contributed by atoms with E-state index in [1.54, 1.807) is 42.5 Å². The van der Waals surface area contributed by atoms with Gasteiger partial charge >= 0.3 is 6.09 Å². The van der Waals surface area contributed by atoms with Gasteiger partial charge in [0.25, 0.3) is 0 Å². The Morgan fingerprint density at radius 3 is 2.57 bits per heavy atom. The average molecular weight is 332 g/mol. The number of carbonyl (C=O) groups is 2. The highest BCUT2D eigenvalue weighted by Crippen LogP contribution is 2.24. The first-order valence-electron chi connectivity index (χ1n) is 7.45. The number of ketones is 1. The third-order valence-electron chi connectivity index (χ3n) is 3.23. The van der Waals surface area contributed by atoms with Gasteiger partial charge in [-0.2, -0.15) is 0 Å². The lowest BCUT2D eigenvalue weighted by Gasteiger charge is -2.11. The number of hydrogen-bond acceptors (Lipinski definition) is 3. The number of halogens is 1. The molecule has 1 N–H and O–H groups in total. The van der Waals surface area contributed by atoms with Gasteiger partial charge in [0.2, 0.25) is 0 Å². The van der Waals surface area contributed by atoms with E-state index in [-0.39, 0.29) is 5.78 Å². The van der Waals surface area contributed by atoms with Crippen LogP contribution in [0.4, 0.5) is 10.5 Å². The second-order valence-electron chi connectivity index (χ2n) is 5.00. The lowest BCUT2D eigenvalue weighted by atomic mass is 10.0. The Morgan fingerprint density at radius 1 is 1.13 bits per heavy atom. The molecule has 0 aliphatic carbocycles. The molecule has 0 aliphatic rings. The van der Waals surface area contributed by atoms with E-state index in [0.29, 0.717) is 28.4 Å². The lowest BCUT2D eigenvalue weighted by Crippen LogP contribution is -2.17. The molecule has 0 aromatic heterocycles. The van der Waals surface area contributed by atoms with Gasteiger partial charge in [-0.3, -0.25) is 10.1 Å². The monoisotopic (exact) mass is 331 g/mol. The van der Waals surface area contributed by atoms with Gasteiger partial charge in [-0.15, -0.1) is 0 Å². The number of anilines is 1. The maximum atomic E-state index is 12.6. The summed E-state index contributed by atoms with van der Waals surface area (Å²) >= 11 is 5.99. The van der Waals surface area contributed by atoms with Crippen LogP contribution >= 0.6 is 11.6 Å². The summed E-state index contributed by atoms with van der Waals surface area (Å²) in [6.07, 6.45) is 1.15. The number of ether oxygens (including phenoxy) is 1. The van der Waals surface area contributed by atoms with Crippen LogP contribution < -0.4 is 5.32 Å². The van der Waals surface area contributed by atoms with Crippen molar-refractivity contribution in [3.63, 3.8) is 0 Å². The Morgan fingerprint density at radius 2 is 1.87 bits per heavy atom. The molecule has 23 heavy (non-hydrogen) atoms. The van der Waals surface area contributed by atoms with Crippen LogP contribution in [0.25, 0.3) is 0 Å². The molecule has 2 rings (SSSR count). The molecule has 0 aliphatic heterocycles. The number of benzene rings is 2.